The fraction of sp³-hybridized carbons (Fsp3) is 0.765. The summed E-state index contributed by atoms with van der Waals surface area (Å²) in [5.74, 6) is 0. The lowest BCUT2D eigenvalue weighted by Gasteiger charge is -2.37. The third kappa shape index (κ3) is 4.18. The molecule has 0 saturated carbocycles. The van der Waals surface area contributed by atoms with Gasteiger partial charge in [-0.2, -0.15) is 0 Å². The second kappa shape index (κ2) is 7.23. The molecule has 0 spiro atoms. The van der Waals surface area contributed by atoms with Gasteiger partial charge in [-0.1, -0.05) is 19.4 Å². The third-order valence-electron chi connectivity index (χ3n) is 5.17. The van der Waals surface area contributed by atoms with E-state index in [2.05, 4.69) is 31.4 Å². The van der Waals surface area contributed by atoms with E-state index >= 15 is 0 Å². The molecule has 0 aromatic heterocycles. The van der Waals surface area contributed by atoms with E-state index in [0.29, 0.717) is 32.7 Å². The predicted molar refractivity (Wildman–Crippen MR) is 91.3 cm³/mol. The Morgan fingerprint density at radius 1 is 1.09 bits per heavy atom. The van der Waals surface area contributed by atoms with Crippen molar-refractivity contribution >= 4 is 12.1 Å². The molecule has 0 radical (unpaired) electrons. The lowest BCUT2D eigenvalue weighted by atomic mass is 9.73. The Hall–Kier alpha value is -1.72. The van der Waals surface area contributed by atoms with Crippen LogP contribution in [0.2, 0.25) is 0 Å². The van der Waals surface area contributed by atoms with E-state index in [9.17, 15) is 9.59 Å². The van der Waals surface area contributed by atoms with Crippen molar-refractivity contribution in [2.75, 3.05) is 39.8 Å². The minimum Gasteiger partial charge on any atom is -0.341 e. The molecule has 6 nitrogen and oxygen atoms in total. The van der Waals surface area contributed by atoms with Crippen molar-refractivity contribution < 1.29 is 9.59 Å². The minimum atomic E-state index is -0.0743. The number of hydrogen-bond donors (Lipinski definition) is 2. The highest BCUT2D eigenvalue weighted by atomic mass is 16.2. The van der Waals surface area contributed by atoms with Crippen LogP contribution < -0.4 is 10.6 Å². The summed E-state index contributed by atoms with van der Waals surface area (Å²) in [6.45, 7) is 9.68. The maximum Gasteiger partial charge on any atom is 0.317 e. The quantitative estimate of drug-likeness (QED) is 0.765. The monoisotopic (exact) mass is 322 g/mol. The number of carbonyl (C=O) groups is 2. The fourth-order valence-electron chi connectivity index (χ4n) is 3.61. The van der Waals surface area contributed by atoms with Gasteiger partial charge in [0.2, 0.25) is 0 Å². The number of urea groups is 2. The molecule has 0 atom stereocenters. The molecular weight excluding hydrogens is 292 g/mol. The van der Waals surface area contributed by atoms with Gasteiger partial charge in [0.05, 0.1) is 0 Å². The van der Waals surface area contributed by atoms with Gasteiger partial charge in [0, 0.05) is 39.8 Å². The maximum absolute atomic E-state index is 12.4. The molecule has 23 heavy (non-hydrogen) atoms. The molecule has 1 aliphatic heterocycles. The number of nitrogens with one attached hydrogen (secondary N) is 2. The van der Waals surface area contributed by atoms with Crippen LogP contribution in [0.5, 0.6) is 0 Å². The Kier molecular flexibility index (Phi) is 5.55. The van der Waals surface area contributed by atoms with E-state index in [0.717, 1.165) is 6.42 Å². The molecule has 6 heteroatoms. The molecule has 1 heterocycles. The molecule has 0 unspecified atom stereocenters. The number of allylic oxidation sites excluding steroid dienone is 1. The smallest absolute Gasteiger partial charge is 0.317 e. The Bertz CT molecular complexity index is 491. The zero-order valence-electron chi connectivity index (χ0n) is 14.9. The lowest BCUT2D eigenvalue weighted by molar-refractivity contribution is 0.144. The summed E-state index contributed by atoms with van der Waals surface area (Å²) >= 11 is 0. The van der Waals surface area contributed by atoms with E-state index in [1.54, 1.807) is 16.8 Å². The molecule has 1 aliphatic carbocycles. The van der Waals surface area contributed by atoms with Gasteiger partial charge >= 0.3 is 12.1 Å². The largest absolute Gasteiger partial charge is 0.341 e. The summed E-state index contributed by atoms with van der Waals surface area (Å²) in [5.41, 5.74) is 2.97. The molecule has 130 valence electrons. The summed E-state index contributed by atoms with van der Waals surface area (Å²) in [6.07, 6.45) is 3.55. The number of amides is 4. The lowest BCUT2D eigenvalue weighted by Crippen LogP contribution is -2.55. The first kappa shape index (κ1) is 17.6. The summed E-state index contributed by atoms with van der Waals surface area (Å²) in [7, 11) is 1.63. The van der Waals surface area contributed by atoms with Crippen LogP contribution in [-0.4, -0.2) is 61.6 Å². The molecule has 0 bridgehead atoms. The van der Waals surface area contributed by atoms with Gasteiger partial charge in [0.15, 0.2) is 0 Å². The molecule has 2 N–H and O–H groups in total. The first-order valence-corrected chi connectivity index (χ1v) is 8.53. The van der Waals surface area contributed by atoms with E-state index < -0.39 is 0 Å². The topological polar surface area (TPSA) is 64.7 Å². The van der Waals surface area contributed by atoms with Crippen molar-refractivity contribution in [1.29, 1.82) is 0 Å². The Morgan fingerprint density at radius 3 is 2.17 bits per heavy atom. The second-order valence-corrected chi connectivity index (χ2v) is 7.18. The van der Waals surface area contributed by atoms with Crippen LogP contribution in [0.1, 0.15) is 40.0 Å². The SMILES string of the molecule is CNC(=O)N1CCN(C(=O)NCC2=C(C)CCCC2(C)C)CC1. The van der Waals surface area contributed by atoms with Crippen LogP contribution in [-0.2, 0) is 0 Å². The van der Waals surface area contributed by atoms with Crippen molar-refractivity contribution in [2.24, 2.45) is 5.41 Å². The average Bonchev–Trinajstić information content (AvgIpc) is 2.53. The van der Waals surface area contributed by atoms with E-state index in [-0.39, 0.29) is 17.5 Å². The van der Waals surface area contributed by atoms with Crippen molar-refractivity contribution in [1.82, 2.24) is 20.4 Å². The third-order valence-corrected chi connectivity index (χ3v) is 5.17. The Balaban J connectivity index is 1.85. The van der Waals surface area contributed by atoms with Gasteiger partial charge < -0.3 is 20.4 Å². The van der Waals surface area contributed by atoms with E-state index in [4.69, 9.17) is 0 Å². The second-order valence-electron chi connectivity index (χ2n) is 7.18. The van der Waals surface area contributed by atoms with E-state index in [1.165, 1.54) is 24.0 Å². The van der Waals surface area contributed by atoms with Gasteiger partial charge in [0.25, 0.3) is 0 Å². The van der Waals surface area contributed by atoms with Crippen molar-refractivity contribution in [2.45, 2.75) is 40.0 Å². The molecule has 2 aliphatic rings. The van der Waals surface area contributed by atoms with Crippen LogP contribution in [0.25, 0.3) is 0 Å². The Labute approximate surface area is 139 Å². The number of nitrogens with zero attached hydrogens (tertiary/aromatic N) is 2. The zero-order valence-corrected chi connectivity index (χ0v) is 14.9. The van der Waals surface area contributed by atoms with Crippen LogP contribution in [0, 0.1) is 5.41 Å². The number of hydrogen-bond acceptors (Lipinski definition) is 2. The summed E-state index contributed by atoms with van der Waals surface area (Å²) < 4.78 is 0. The first-order chi connectivity index (χ1) is 10.8. The van der Waals surface area contributed by atoms with E-state index in [1.807, 2.05) is 0 Å². The van der Waals surface area contributed by atoms with Crippen LogP contribution in [0.15, 0.2) is 11.1 Å². The first-order valence-electron chi connectivity index (χ1n) is 8.53. The van der Waals surface area contributed by atoms with Gasteiger partial charge in [-0.05, 0) is 37.2 Å². The standard InChI is InChI=1S/C17H30N4O2/c1-13-6-5-7-17(2,3)14(13)12-19-16(23)21-10-8-20(9-11-21)15(22)18-4/h5-12H2,1-4H3,(H,18,22)(H,19,23). The number of carbonyl (C=O) groups excluding carboxylic acids is 2. The van der Waals surface area contributed by atoms with Crippen LogP contribution in [0.3, 0.4) is 0 Å². The molecular formula is C17H30N4O2. The summed E-state index contributed by atoms with van der Waals surface area (Å²) in [4.78, 5) is 27.5. The highest BCUT2D eigenvalue weighted by Crippen LogP contribution is 2.39. The van der Waals surface area contributed by atoms with Crippen molar-refractivity contribution in [3.05, 3.63) is 11.1 Å². The summed E-state index contributed by atoms with van der Waals surface area (Å²) in [5, 5.41) is 5.70. The fourth-order valence-corrected chi connectivity index (χ4v) is 3.61. The van der Waals surface area contributed by atoms with Gasteiger partial charge in [-0.3, -0.25) is 0 Å². The molecule has 4 amide bonds. The van der Waals surface area contributed by atoms with Crippen molar-refractivity contribution in [3.63, 3.8) is 0 Å². The summed E-state index contributed by atoms with van der Waals surface area (Å²) in [6, 6.07) is -0.0991. The van der Waals surface area contributed by atoms with Crippen LogP contribution in [0.4, 0.5) is 9.59 Å². The zero-order chi connectivity index (χ0) is 17.0. The Morgan fingerprint density at radius 2 is 1.65 bits per heavy atom. The molecule has 1 saturated heterocycles. The molecule has 0 aromatic carbocycles. The number of piperazine rings is 1. The minimum absolute atomic E-state index is 0.0248. The van der Waals surface area contributed by atoms with Crippen molar-refractivity contribution in [3.8, 4) is 0 Å². The highest BCUT2D eigenvalue weighted by molar-refractivity contribution is 5.76. The van der Waals surface area contributed by atoms with Gasteiger partial charge in [-0.25, -0.2) is 9.59 Å². The predicted octanol–water partition coefficient (Wildman–Crippen LogP) is 2.18. The van der Waals surface area contributed by atoms with Gasteiger partial charge in [0.1, 0.15) is 0 Å². The maximum atomic E-state index is 12.4. The molecule has 1 fully saturated rings. The molecule has 0 aromatic rings. The van der Waals surface area contributed by atoms with Gasteiger partial charge in [-0.15, -0.1) is 0 Å². The number of rotatable bonds is 2. The van der Waals surface area contributed by atoms with Crippen LogP contribution >= 0.6 is 0 Å². The normalized spacial score (nSPS) is 21.2. The highest BCUT2D eigenvalue weighted by Gasteiger charge is 2.29. The molecule has 2 rings (SSSR count). The average molecular weight is 322 g/mol.